The summed E-state index contributed by atoms with van der Waals surface area (Å²) in [5.41, 5.74) is -1.41. The van der Waals surface area contributed by atoms with Crippen molar-refractivity contribution in [1.82, 2.24) is 4.90 Å². The molecule has 2 fully saturated rings. The van der Waals surface area contributed by atoms with Crippen LogP contribution in [0.3, 0.4) is 0 Å². The number of nitrogens with one attached hydrogen (secondary N) is 1. The van der Waals surface area contributed by atoms with E-state index in [9.17, 15) is 23.5 Å². The highest BCUT2D eigenvalue weighted by Crippen LogP contribution is 2.41. The van der Waals surface area contributed by atoms with E-state index >= 15 is 8.78 Å². The Morgan fingerprint density at radius 3 is 2.28 bits per heavy atom. The fraction of sp³-hybridized carbons (Fsp3) is 0.364. The monoisotopic (exact) mass is 470 g/mol. The third kappa shape index (κ3) is 4.06. The van der Waals surface area contributed by atoms with Gasteiger partial charge in [0.1, 0.15) is 11.6 Å². The molecule has 0 saturated carbocycles. The van der Waals surface area contributed by atoms with Crippen LogP contribution in [0.2, 0.25) is 5.02 Å². The number of anilines is 1. The summed E-state index contributed by atoms with van der Waals surface area (Å²) >= 11 is 5.66. The van der Waals surface area contributed by atoms with Crippen LogP contribution >= 0.6 is 11.6 Å². The smallest absolute Gasteiger partial charge is 0.352 e. The lowest BCUT2D eigenvalue weighted by Crippen LogP contribution is -2.53. The van der Waals surface area contributed by atoms with E-state index < -0.39 is 53.1 Å². The predicted molar refractivity (Wildman–Crippen MR) is 109 cm³/mol. The summed E-state index contributed by atoms with van der Waals surface area (Å²) < 4.78 is 57.9. The summed E-state index contributed by atoms with van der Waals surface area (Å²) in [5.74, 6) is -8.64. The average Bonchev–Trinajstić information content (AvgIpc) is 3.00. The van der Waals surface area contributed by atoms with Gasteiger partial charge in [0.2, 0.25) is 0 Å². The second-order valence-corrected chi connectivity index (χ2v) is 8.48. The number of alkyl halides is 2. The molecule has 2 N–H and O–H groups in total. The minimum atomic E-state index is -4.21. The molecule has 2 heterocycles. The third-order valence-corrected chi connectivity index (χ3v) is 6.25. The first-order chi connectivity index (χ1) is 15.1. The van der Waals surface area contributed by atoms with Gasteiger partial charge in [-0.2, -0.15) is 8.78 Å². The molecule has 32 heavy (non-hydrogen) atoms. The number of piperidine rings is 1. The van der Waals surface area contributed by atoms with Gasteiger partial charge in [-0.25, -0.2) is 8.78 Å². The van der Waals surface area contributed by atoms with Crippen LogP contribution in [-0.2, 0) is 10.7 Å². The second-order valence-electron chi connectivity index (χ2n) is 8.07. The van der Waals surface area contributed by atoms with E-state index in [0.29, 0.717) is 25.0 Å². The third-order valence-electron chi connectivity index (χ3n) is 5.96. The van der Waals surface area contributed by atoms with Gasteiger partial charge in [-0.05, 0) is 62.1 Å². The van der Waals surface area contributed by atoms with Gasteiger partial charge in [-0.15, -0.1) is 0 Å². The highest BCUT2D eigenvalue weighted by atomic mass is 35.5. The number of benzene rings is 2. The number of rotatable bonds is 4. The standard InChI is InChI=1S/C22H19ClF4N2O3/c23-17-8-12(2-6-19(17)25)28-20(31)11-1-5-18(24)16(7-11)22(26,27)21(32)29-13-3-4-14(29)10-15(30)9-13/h1-2,5-8,13-15,30H,3-4,9-10H2,(H,28,31)/t13-,14+,15-. The number of hydrogen-bond donors (Lipinski definition) is 2. The first kappa shape index (κ1) is 22.5. The number of nitrogens with zero attached hydrogens (tertiary/aromatic N) is 1. The van der Waals surface area contributed by atoms with Gasteiger partial charge < -0.3 is 15.3 Å². The maximum absolute atomic E-state index is 15.1. The molecule has 10 heteroatoms. The molecule has 5 nitrogen and oxygen atoms in total. The molecule has 3 atom stereocenters. The molecule has 0 unspecified atom stereocenters. The van der Waals surface area contributed by atoms with Gasteiger partial charge in [0.05, 0.1) is 16.7 Å². The van der Waals surface area contributed by atoms with Crippen molar-refractivity contribution in [3.63, 3.8) is 0 Å². The van der Waals surface area contributed by atoms with Gasteiger partial charge >= 0.3 is 5.92 Å². The lowest BCUT2D eigenvalue weighted by atomic mass is 9.96. The van der Waals surface area contributed by atoms with Crippen molar-refractivity contribution in [1.29, 1.82) is 0 Å². The Labute approximate surface area is 186 Å². The van der Waals surface area contributed by atoms with E-state index in [1.165, 1.54) is 6.07 Å². The molecule has 0 aliphatic carbocycles. The molecule has 2 aromatic rings. The van der Waals surface area contributed by atoms with Crippen molar-refractivity contribution in [3.8, 4) is 0 Å². The zero-order chi connectivity index (χ0) is 23.2. The van der Waals surface area contributed by atoms with Crippen LogP contribution in [-0.4, -0.2) is 40.0 Å². The molecule has 2 saturated heterocycles. The van der Waals surface area contributed by atoms with Crippen LogP contribution in [0, 0.1) is 11.6 Å². The van der Waals surface area contributed by atoms with Crippen molar-refractivity contribution in [3.05, 3.63) is 64.2 Å². The van der Waals surface area contributed by atoms with E-state index in [2.05, 4.69) is 5.32 Å². The molecule has 0 spiro atoms. The fourth-order valence-electron chi connectivity index (χ4n) is 4.44. The predicted octanol–water partition coefficient (Wildman–Crippen LogP) is 4.48. The quantitative estimate of drug-likeness (QED) is 0.647. The van der Waals surface area contributed by atoms with Crippen molar-refractivity contribution >= 4 is 29.1 Å². The maximum atomic E-state index is 15.1. The van der Waals surface area contributed by atoms with Gasteiger partial charge in [-0.3, -0.25) is 9.59 Å². The van der Waals surface area contributed by atoms with Crippen LogP contribution in [0.25, 0.3) is 0 Å². The zero-order valence-electron chi connectivity index (χ0n) is 16.6. The number of aliphatic hydroxyl groups is 1. The summed E-state index contributed by atoms with van der Waals surface area (Å²) in [6, 6.07) is 4.65. The lowest BCUT2D eigenvalue weighted by Gasteiger charge is -2.39. The van der Waals surface area contributed by atoms with E-state index in [4.69, 9.17) is 11.6 Å². The molecule has 2 bridgehead atoms. The van der Waals surface area contributed by atoms with Crippen LogP contribution in [0.1, 0.15) is 41.6 Å². The Morgan fingerprint density at radius 2 is 1.66 bits per heavy atom. The summed E-state index contributed by atoms with van der Waals surface area (Å²) in [5, 5.41) is 12.0. The SMILES string of the molecule is O=C(Nc1ccc(F)c(Cl)c1)c1ccc(F)c(C(F)(F)C(=O)N2[C@@H]3CC[C@H]2C[C@H](O)C3)c1. The Hall–Kier alpha value is -2.65. The van der Waals surface area contributed by atoms with E-state index in [-0.39, 0.29) is 29.1 Å². The minimum Gasteiger partial charge on any atom is -0.393 e. The molecule has 2 aliphatic rings. The van der Waals surface area contributed by atoms with Gasteiger partial charge in [0.15, 0.2) is 0 Å². The average molecular weight is 471 g/mol. The van der Waals surface area contributed by atoms with Crippen LogP contribution in [0.15, 0.2) is 36.4 Å². The number of fused-ring (bicyclic) bond motifs is 2. The van der Waals surface area contributed by atoms with E-state index in [0.717, 1.165) is 23.1 Å². The summed E-state index contributed by atoms with van der Waals surface area (Å²) in [6.45, 7) is 0. The first-order valence-electron chi connectivity index (χ1n) is 10.0. The molecule has 0 radical (unpaired) electrons. The highest BCUT2D eigenvalue weighted by Gasteiger charge is 2.53. The summed E-state index contributed by atoms with van der Waals surface area (Å²) in [7, 11) is 0. The first-order valence-corrected chi connectivity index (χ1v) is 10.4. The molecule has 2 amide bonds. The molecule has 170 valence electrons. The molecule has 2 aliphatic heterocycles. The Morgan fingerprint density at radius 1 is 1.03 bits per heavy atom. The maximum Gasteiger partial charge on any atom is 0.352 e. The largest absolute Gasteiger partial charge is 0.393 e. The topological polar surface area (TPSA) is 69.6 Å². The second kappa shape index (κ2) is 8.37. The Kier molecular flexibility index (Phi) is 5.89. The van der Waals surface area contributed by atoms with Crippen molar-refractivity contribution in [2.75, 3.05) is 5.32 Å². The van der Waals surface area contributed by atoms with Gasteiger partial charge in [0, 0.05) is 23.3 Å². The van der Waals surface area contributed by atoms with Gasteiger partial charge in [0.25, 0.3) is 11.8 Å². The summed E-state index contributed by atoms with van der Waals surface area (Å²) in [6.07, 6.45) is 0.727. The Bertz CT molecular complexity index is 1070. The van der Waals surface area contributed by atoms with E-state index in [1.807, 2.05) is 0 Å². The molecular formula is C22H19ClF4N2O3. The number of halogens is 5. The zero-order valence-corrected chi connectivity index (χ0v) is 17.4. The van der Waals surface area contributed by atoms with Crippen molar-refractivity contribution < 1.29 is 32.3 Å². The summed E-state index contributed by atoms with van der Waals surface area (Å²) in [4.78, 5) is 26.3. The van der Waals surface area contributed by atoms with Crippen LogP contribution in [0.5, 0.6) is 0 Å². The number of hydrogen-bond acceptors (Lipinski definition) is 3. The van der Waals surface area contributed by atoms with Crippen molar-refractivity contribution in [2.45, 2.75) is 49.8 Å². The van der Waals surface area contributed by atoms with Gasteiger partial charge in [-0.1, -0.05) is 11.6 Å². The molecular weight excluding hydrogens is 452 g/mol. The number of carbonyl (C=O) groups is 2. The van der Waals surface area contributed by atoms with E-state index in [1.54, 1.807) is 0 Å². The van der Waals surface area contributed by atoms with Crippen LogP contribution < -0.4 is 5.32 Å². The highest BCUT2D eigenvalue weighted by molar-refractivity contribution is 6.31. The number of amides is 2. The number of carbonyl (C=O) groups excluding carboxylic acids is 2. The van der Waals surface area contributed by atoms with Crippen LogP contribution in [0.4, 0.5) is 23.2 Å². The fourth-order valence-corrected chi connectivity index (χ4v) is 4.62. The lowest BCUT2D eigenvalue weighted by molar-refractivity contribution is -0.166. The normalized spacial score (nSPS) is 22.7. The molecule has 0 aromatic heterocycles. The molecule has 4 rings (SSSR count). The number of aliphatic hydroxyl groups excluding tert-OH is 1. The minimum absolute atomic E-state index is 0.110. The van der Waals surface area contributed by atoms with Crippen molar-refractivity contribution in [2.24, 2.45) is 0 Å². The Balaban J connectivity index is 1.59. The molecule has 2 aromatic carbocycles.